The van der Waals surface area contributed by atoms with Crippen molar-refractivity contribution in [3.05, 3.63) is 47.1 Å². The van der Waals surface area contributed by atoms with Gasteiger partial charge in [0.1, 0.15) is 5.03 Å². The van der Waals surface area contributed by atoms with Crippen LogP contribution in [0.4, 0.5) is 0 Å². The SMILES string of the molecule is CC(N)Sc1ncccc1-c1cc(Cl)ccc1C=O. The van der Waals surface area contributed by atoms with E-state index in [2.05, 4.69) is 4.98 Å². The zero-order chi connectivity index (χ0) is 13.8. The van der Waals surface area contributed by atoms with Gasteiger partial charge in [-0.15, -0.1) is 0 Å². The highest BCUT2D eigenvalue weighted by atomic mass is 35.5. The second kappa shape index (κ2) is 6.19. The van der Waals surface area contributed by atoms with Crippen LogP contribution in [0, 0.1) is 0 Å². The van der Waals surface area contributed by atoms with Crippen molar-refractivity contribution >= 4 is 29.6 Å². The monoisotopic (exact) mass is 292 g/mol. The molecule has 1 aromatic heterocycles. The number of halogens is 1. The molecule has 98 valence electrons. The number of nitrogens with two attached hydrogens (primary N) is 1. The highest BCUT2D eigenvalue weighted by molar-refractivity contribution is 7.99. The third-order valence-electron chi connectivity index (χ3n) is 2.50. The van der Waals surface area contributed by atoms with Gasteiger partial charge in [-0.1, -0.05) is 29.4 Å². The summed E-state index contributed by atoms with van der Waals surface area (Å²) in [4.78, 5) is 15.5. The van der Waals surface area contributed by atoms with Crippen LogP contribution >= 0.6 is 23.4 Å². The minimum atomic E-state index is -0.0764. The Hall–Kier alpha value is -1.36. The minimum absolute atomic E-state index is 0.0764. The van der Waals surface area contributed by atoms with Gasteiger partial charge in [-0.25, -0.2) is 4.98 Å². The van der Waals surface area contributed by atoms with Gasteiger partial charge in [0.15, 0.2) is 6.29 Å². The number of carbonyl (C=O) groups excluding carboxylic acids is 1. The topological polar surface area (TPSA) is 56.0 Å². The largest absolute Gasteiger partial charge is 0.319 e. The van der Waals surface area contributed by atoms with E-state index < -0.39 is 0 Å². The van der Waals surface area contributed by atoms with Crippen molar-refractivity contribution in [1.29, 1.82) is 0 Å². The molecule has 3 nitrogen and oxygen atoms in total. The summed E-state index contributed by atoms with van der Waals surface area (Å²) >= 11 is 7.47. The average Bonchev–Trinajstić information content (AvgIpc) is 2.38. The van der Waals surface area contributed by atoms with E-state index in [4.69, 9.17) is 17.3 Å². The summed E-state index contributed by atoms with van der Waals surface area (Å²) in [6, 6.07) is 8.92. The number of nitrogens with zero attached hydrogens (tertiary/aromatic N) is 1. The molecule has 2 aromatic rings. The van der Waals surface area contributed by atoms with E-state index in [0.717, 1.165) is 22.4 Å². The Kier molecular flexibility index (Phi) is 4.58. The van der Waals surface area contributed by atoms with Crippen molar-refractivity contribution in [2.45, 2.75) is 17.3 Å². The molecule has 0 fully saturated rings. The molecule has 0 amide bonds. The molecule has 2 rings (SSSR count). The molecule has 19 heavy (non-hydrogen) atoms. The molecule has 1 heterocycles. The van der Waals surface area contributed by atoms with E-state index in [0.29, 0.717) is 10.6 Å². The molecule has 1 aromatic carbocycles. The Bertz CT molecular complexity index is 602. The standard InChI is InChI=1S/C14H13ClN2OS/c1-9(16)19-14-12(3-2-6-17-14)13-7-11(15)5-4-10(13)8-18/h2-9H,16H2,1H3. The molecule has 0 aliphatic heterocycles. The van der Waals surface area contributed by atoms with Crippen molar-refractivity contribution in [3.8, 4) is 11.1 Å². The minimum Gasteiger partial charge on any atom is -0.319 e. The Labute approximate surface area is 121 Å². The van der Waals surface area contributed by atoms with Crippen LogP contribution < -0.4 is 5.73 Å². The second-order valence-corrected chi connectivity index (χ2v) is 5.83. The van der Waals surface area contributed by atoms with E-state index in [1.807, 2.05) is 19.1 Å². The van der Waals surface area contributed by atoms with Gasteiger partial charge in [-0.2, -0.15) is 0 Å². The number of pyridine rings is 1. The number of hydrogen-bond donors (Lipinski definition) is 1. The van der Waals surface area contributed by atoms with Crippen LogP contribution in [-0.2, 0) is 0 Å². The summed E-state index contributed by atoms with van der Waals surface area (Å²) in [6.07, 6.45) is 2.53. The van der Waals surface area contributed by atoms with Crippen LogP contribution in [-0.4, -0.2) is 16.6 Å². The highest BCUT2D eigenvalue weighted by Crippen LogP contribution is 2.33. The lowest BCUT2D eigenvalue weighted by Crippen LogP contribution is -2.09. The number of aromatic nitrogens is 1. The van der Waals surface area contributed by atoms with Gasteiger partial charge in [0.25, 0.3) is 0 Å². The second-order valence-electron chi connectivity index (χ2n) is 4.03. The van der Waals surface area contributed by atoms with Gasteiger partial charge >= 0.3 is 0 Å². The van der Waals surface area contributed by atoms with Crippen LogP contribution in [0.2, 0.25) is 5.02 Å². The van der Waals surface area contributed by atoms with E-state index in [-0.39, 0.29) is 5.37 Å². The Morgan fingerprint density at radius 2 is 2.16 bits per heavy atom. The molecule has 0 spiro atoms. The molecule has 0 aliphatic carbocycles. The van der Waals surface area contributed by atoms with Crippen LogP contribution in [0.15, 0.2) is 41.6 Å². The van der Waals surface area contributed by atoms with Crippen molar-refractivity contribution in [2.24, 2.45) is 5.73 Å². The summed E-state index contributed by atoms with van der Waals surface area (Å²) in [6.45, 7) is 1.89. The molecule has 0 aliphatic rings. The zero-order valence-electron chi connectivity index (χ0n) is 10.3. The first-order valence-corrected chi connectivity index (χ1v) is 7.00. The number of thioether (sulfide) groups is 1. The fourth-order valence-corrected chi connectivity index (χ4v) is 2.68. The van der Waals surface area contributed by atoms with Crippen molar-refractivity contribution in [2.75, 3.05) is 0 Å². The van der Waals surface area contributed by atoms with E-state index >= 15 is 0 Å². The van der Waals surface area contributed by atoms with Gasteiger partial charge in [-0.3, -0.25) is 4.79 Å². The van der Waals surface area contributed by atoms with Crippen molar-refractivity contribution < 1.29 is 4.79 Å². The van der Waals surface area contributed by atoms with Gasteiger partial charge in [0.05, 0.1) is 5.37 Å². The van der Waals surface area contributed by atoms with Gasteiger partial charge in [0, 0.05) is 22.3 Å². The van der Waals surface area contributed by atoms with Gasteiger partial charge in [-0.05, 0) is 36.8 Å². The molecule has 0 saturated heterocycles. The lowest BCUT2D eigenvalue weighted by Gasteiger charge is -2.12. The molecule has 1 atom stereocenters. The zero-order valence-corrected chi connectivity index (χ0v) is 11.9. The third-order valence-corrected chi connectivity index (χ3v) is 3.66. The Morgan fingerprint density at radius 3 is 2.84 bits per heavy atom. The highest BCUT2D eigenvalue weighted by Gasteiger charge is 2.12. The fourth-order valence-electron chi connectivity index (χ4n) is 1.73. The van der Waals surface area contributed by atoms with Crippen molar-refractivity contribution in [1.82, 2.24) is 4.98 Å². The maximum Gasteiger partial charge on any atom is 0.150 e. The number of hydrogen-bond acceptors (Lipinski definition) is 4. The molecule has 5 heteroatoms. The smallest absolute Gasteiger partial charge is 0.150 e. The van der Waals surface area contributed by atoms with Gasteiger partial charge < -0.3 is 5.73 Å². The Balaban J connectivity index is 2.58. The van der Waals surface area contributed by atoms with Gasteiger partial charge in [0.2, 0.25) is 0 Å². The first kappa shape index (κ1) is 14.1. The fraction of sp³-hybridized carbons (Fsp3) is 0.143. The first-order chi connectivity index (χ1) is 9.11. The van der Waals surface area contributed by atoms with E-state index in [9.17, 15) is 4.79 Å². The van der Waals surface area contributed by atoms with Crippen molar-refractivity contribution in [3.63, 3.8) is 0 Å². The van der Waals surface area contributed by atoms with E-state index in [1.54, 1.807) is 24.4 Å². The molecule has 0 bridgehead atoms. The number of aldehydes is 1. The third kappa shape index (κ3) is 3.35. The van der Waals surface area contributed by atoms with Crippen LogP contribution in [0.25, 0.3) is 11.1 Å². The average molecular weight is 293 g/mol. The predicted octanol–water partition coefficient (Wildman–Crippen LogP) is 3.61. The molecule has 1 unspecified atom stereocenters. The first-order valence-electron chi connectivity index (χ1n) is 5.74. The van der Waals surface area contributed by atoms with E-state index in [1.165, 1.54) is 11.8 Å². The molecule has 2 N–H and O–H groups in total. The molecule has 0 saturated carbocycles. The molecule has 0 radical (unpaired) electrons. The predicted molar refractivity (Wildman–Crippen MR) is 79.6 cm³/mol. The summed E-state index contributed by atoms with van der Waals surface area (Å²) in [7, 11) is 0. The normalized spacial score (nSPS) is 12.2. The number of carbonyl (C=O) groups is 1. The molecular formula is C14H13ClN2OS. The van der Waals surface area contributed by atoms with Crippen LogP contribution in [0.3, 0.4) is 0 Å². The number of benzene rings is 1. The lowest BCUT2D eigenvalue weighted by molar-refractivity contribution is 0.112. The summed E-state index contributed by atoms with van der Waals surface area (Å²) < 4.78 is 0. The quantitative estimate of drug-likeness (QED) is 0.531. The molecular weight excluding hydrogens is 280 g/mol. The lowest BCUT2D eigenvalue weighted by atomic mass is 10.0. The maximum atomic E-state index is 11.2. The maximum absolute atomic E-state index is 11.2. The van der Waals surface area contributed by atoms with Crippen LogP contribution in [0.5, 0.6) is 0 Å². The summed E-state index contributed by atoms with van der Waals surface area (Å²) in [5.41, 5.74) is 8.03. The number of rotatable bonds is 4. The summed E-state index contributed by atoms with van der Waals surface area (Å²) in [5.74, 6) is 0. The summed E-state index contributed by atoms with van der Waals surface area (Å²) in [5, 5.41) is 1.30. The van der Waals surface area contributed by atoms with Crippen LogP contribution in [0.1, 0.15) is 17.3 Å². The Morgan fingerprint density at radius 1 is 1.37 bits per heavy atom.